The number of benzene rings is 2. The van der Waals surface area contributed by atoms with E-state index >= 15 is 8.78 Å². The van der Waals surface area contributed by atoms with Gasteiger partial charge in [-0.15, -0.1) is 0 Å². The summed E-state index contributed by atoms with van der Waals surface area (Å²) in [6, 6.07) is 6.60. The van der Waals surface area contributed by atoms with E-state index in [1.807, 2.05) is 26.8 Å². The van der Waals surface area contributed by atoms with Gasteiger partial charge in [-0.2, -0.15) is 5.10 Å². The van der Waals surface area contributed by atoms with Crippen molar-refractivity contribution in [2.24, 2.45) is 5.10 Å². The maximum atomic E-state index is 15.9. The highest BCUT2D eigenvalue weighted by atomic mass is 19.1. The van der Waals surface area contributed by atoms with E-state index in [1.165, 1.54) is 6.07 Å². The van der Waals surface area contributed by atoms with Crippen LogP contribution >= 0.6 is 0 Å². The Bertz CT molecular complexity index is 1200. The third-order valence-corrected chi connectivity index (χ3v) is 5.13. The summed E-state index contributed by atoms with van der Waals surface area (Å²) in [5.74, 6) is -0.950. The first-order chi connectivity index (χ1) is 13.7. The highest BCUT2D eigenvalue weighted by Crippen LogP contribution is 2.43. The Morgan fingerprint density at radius 2 is 2.10 bits per heavy atom. The van der Waals surface area contributed by atoms with Crippen LogP contribution in [0.5, 0.6) is 0 Å². The molecule has 0 atom stereocenters. The number of nitrogens with one attached hydrogen (secondary N) is 2. The average Bonchev–Trinajstić information content (AvgIpc) is 3.02. The number of hydrogen-bond acceptors (Lipinski definition) is 3. The fourth-order valence-electron chi connectivity index (χ4n) is 3.88. The molecule has 0 amide bonds. The number of rotatable bonds is 1. The summed E-state index contributed by atoms with van der Waals surface area (Å²) in [5.41, 5.74) is 1.70. The van der Waals surface area contributed by atoms with Crippen LogP contribution in [0.15, 0.2) is 29.4 Å². The molecule has 2 N–H and O–H groups in total. The first kappa shape index (κ1) is 18.9. The zero-order chi connectivity index (χ0) is 20.9. The summed E-state index contributed by atoms with van der Waals surface area (Å²) in [6.45, 7) is 13.0. The number of aromatic nitrogens is 2. The van der Waals surface area contributed by atoms with Crippen LogP contribution < -0.4 is 10.2 Å². The lowest BCUT2D eigenvalue weighted by Crippen LogP contribution is -2.50. The zero-order valence-corrected chi connectivity index (χ0v) is 16.6. The Morgan fingerprint density at radius 1 is 1.34 bits per heavy atom. The second kappa shape index (κ2) is 6.55. The molecule has 0 unspecified atom stereocenters. The van der Waals surface area contributed by atoms with Gasteiger partial charge < -0.3 is 10.2 Å². The van der Waals surface area contributed by atoms with E-state index in [9.17, 15) is 0 Å². The van der Waals surface area contributed by atoms with Crippen molar-refractivity contribution in [3.05, 3.63) is 46.5 Å². The van der Waals surface area contributed by atoms with Gasteiger partial charge in [0, 0.05) is 35.7 Å². The maximum absolute atomic E-state index is 15.9. The van der Waals surface area contributed by atoms with E-state index < -0.39 is 17.2 Å². The summed E-state index contributed by atoms with van der Waals surface area (Å²) in [7, 11) is 0. The lowest BCUT2D eigenvalue weighted by Gasteiger charge is -2.41. The van der Waals surface area contributed by atoms with Crippen molar-refractivity contribution in [3.8, 4) is 17.7 Å². The minimum Gasteiger partial charge on any atom is -0.377 e. The zero-order valence-electron chi connectivity index (χ0n) is 16.6. The fourth-order valence-corrected chi connectivity index (χ4v) is 3.88. The van der Waals surface area contributed by atoms with Crippen LogP contribution in [-0.4, -0.2) is 28.1 Å². The number of amidine groups is 1. The molecule has 0 radical (unpaired) electrons. The average molecular weight is 395 g/mol. The highest BCUT2D eigenvalue weighted by Gasteiger charge is 2.36. The lowest BCUT2D eigenvalue weighted by atomic mass is 9.94. The predicted molar refractivity (Wildman–Crippen MR) is 113 cm³/mol. The normalized spacial score (nSPS) is 15.8. The maximum Gasteiger partial charge on any atom is 0.307 e. The topological polar surface area (TPSA) is 60.7 Å². The summed E-state index contributed by atoms with van der Waals surface area (Å²) in [4.78, 5) is 4.98. The van der Waals surface area contributed by atoms with Gasteiger partial charge in [0.05, 0.1) is 11.3 Å². The van der Waals surface area contributed by atoms with Crippen LogP contribution in [0, 0.1) is 25.1 Å². The van der Waals surface area contributed by atoms with Crippen LogP contribution in [0.4, 0.5) is 20.2 Å². The molecule has 0 saturated carbocycles. The molecule has 8 heteroatoms. The Kier molecular flexibility index (Phi) is 4.26. The molecule has 3 aromatic rings. The Labute approximate surface area is 167 Å². The molecule has 0 saturated heterocycles. The van der Waals surface area contributed by atoms with Crippen molar-refractivity contribution in [2.75, 3.05) is 16.8 Å². The van der Waals surface area contributed by atoms with Crippen molar-refractivity contribution in [1.29, 1.82) is 0 Å². The Balaban J connectivity index is 2.01. The second-order valence-electron chi connectivity index (χ2n) is 7.85. The van der Waals surface area contributed by atoms with Crippen molar-refractivity contribution in [2.45, 2.75) is 33.2 Å². The van der Waals surface area contributed by atoms with Gasteiger partial charge in [-0.1, -0.05) is 18.2 Å². The van der Waals surface area contributed by atoms with Crippen molar-refractivity contribution < 1.29 is 8.78 Å². The van der Waals surface area contributed by atoms with E-state index in [0.717, 1.165) is 11.1 Å². The number of nitrogens with zero attached hydrogens (tertiary/aromatic N) is 4. The molecule has 6 nitrogen and oxygen atoms in total. The molecule has 1 aromatic heterocycles. The number of fused-ring (bicyclic) bond motifs is 2. The number of para-hydroxylation sites is 1. The van der Waals surface area contributed by atoms with Crippen LogP contribution in [0.2, 0.25) is 0 Å². The van der Waals surface area contributed by atoms with E-state index in [1.54, 1.807) is 24.0 Å². The predicted octanol–water partition coefficient (Wildman–Crippen LogP) is 5.12. The van der Waals surface area contributed by atoms with Crippen molar-refractivity contribution >= 4 is 28.1 Å². The quantitative estimate of drug-likeness (QED) is 0.341. The molecule has 2 heterocycles. The molecular weight excluding hydrogens is 374 g/mol. The van der Waals surface area contributed by atoms with E-state index in [2.05, 4.69) is 25.6 Å². The largest absolute Gasteiger partial charge is 0.377 e. The van der Waals surface area contributed by atoms with Gasteiger partial charge in [0.1, 0.15) is 27.1 Å². The summed E-state index contributed by atoms with van der Waals surface area (Å²) < 4.78 is 31.0. The van der Waals surface area contributed by atoms with E-state index in [4.69, 9.17) is 6.57 Å². The van der Waals surface area contributed by atoms with Gasteiger partial charge in [0.25, 0.3) is 0 Å². The van der Waals surface area contributed by atoms with Gasteiger partial charge in [0.15, 0.2) is 11.7 Å². The van der Waals surface area contributed by atoms with Crippen LogP contribution in [0.3, 0.4) is 0 Å². The Hall–Kier alpha value is -3.47. The lowest BCUT2D eigenvalue weighted by molar-refractivity contribution is 0.541. The molecule has 1 aliphatic rings. The molecule has 148 valence electrons. The minimum atomic E-state index is -0.692. The van der Waals surface area contributed by atoms with Gasteiger partial charge in [-0.25, -0.2) is 8.78 Å². The monoisotopic (exact) mass is 395 g/mol. The fraction of sp³-hybridized carbons (Fsp3) is 0.286. The second-order valence-corrected chi connectivity index (χ2v) is 7.85. The summed E-state index contributed by atoms with van der Waals surface area (Å²) in [5, 5.41) is 15.0. The van der Waals surface area contributed by atoms with E-state index in [0.29, 0.717) is 29.1 Å². The number of halogens is 2. The smallest absolute Gasteiger partial charge is 0.307 e. The number of hydrogen-bond donors (Lipinski definition) is 2. The van der Waals surface area contributed by atoms with Crippen LogP contribution in [-0.2, 0) is 0 Å². The number of aromatic amines is 1. The van der Waals surface area contributed by atoms with Crippen molar-refractivity contribution in [3.63, 3.8) is 0 Å². The molecule has 0 bridgehead atoms. The van der Waals surface area contributed by atoms with Crippen LogP contribution in [0.25, 0.3) is 27.0 Å². The highest BCUT2D eigenvalue weighted by molar-refractivity contribution is 6.03. The third kappa shape index (κ3) is 2.99. The Morgan fingerprint density at radius 3 is 2.83 bits per heavy atom. The van der Waals surface area contributed by atoms with Crippen LogP contribution in [0.1, 0.15) is 26.5 Å². The SMILES string of the molecule is C#[N+]/N=C(/C)N1CC(C)(C)Nc2cc(F)c(-c3cccc4c(C)[nH]nc34)c(F)c21. The molecule has 29 heavy (non-hydrogen) atoms. The standard InChI is InChI=1S/C21H21F2N6/c1-11-13-7-6-8-14(19(13)28-26-11)17-15(22)9-16-20(18(17)23)29(12(2)27-24-5)10-21(3,4)25-16/h5-9,25H,10H2,1-4H3,(H,26,28)/q+1/b27-12-. The number of anilines is 2. The van der Waals surface area contributed by atoms with Gasteiger partial charge in [0.2, 0.25) is 0 Å². The summed E-state index contributed by atoms with van der Waals surface area (Å²) in [6.07, 6.45) is 0. The number of aryl methyl sites for hydroxylation is 1. The molecule has 2 aromatic carbocycles. The summed E-state index contributed by atoms with van der Waals surface area (Å²) >= 11 is 0. The molecular formula is C21H21F2N6+. The van der Waals surface area contributed by atoms with Crippen molar-refractivity contribution in [1.82, 2.24) is 10.2 Å². The first-order valence-corrected chi connectivity index (χ1v) is 9.20. The molecule has 0 fully saturated rings. The third-order valence-electron chi connectivity index (χ3n) is 5.13. The molecule has 0 aliphatic carbocycles. The number of H-pyrrole nitrogens is 1. The first-order valence-electron chi connectivity index (χ1n) is 9.20. The minimum absolute atomic E-state index is 0.134. The van der Waals surface area contributed by atoms with E-state index in [-0.39, 0.29) is 11.3 Å². The van der Waals surface area contributed by atoms with Gasteiger partial charge >= 0.3 is 6.57 Å². The molecule has 0 spiro atoms. The van der Waals surface area contributed by atoms with Gasteiger partial charge in [-0.3, -0.25) is 5.10 Å². The van der Waals surface area contributed by atoms with Gasteiger partial charge in [-0.05, 0) is 26.8 Å². The molecule has 1 aliphatic heterocycles. The molecule has 4 rings (SSSR count).